The molecule has 0 aliphatic heterocycles. The van der Waals surface area contributed by atoms with Crippen LogP contribution in [0.3, 0.4) is 0 Å². The van der Waals surface area contributed by atoms with Crippen LogP contribution in [0.5, 0.6) is 0 Å². The Balaban J connectivity index is 2.94. The molecule has 0 saturated heterocycles. The van der Waals surface area contributed by atoms with Crippen molar-refractivity contribution in [3.8, 4) is 6.07 Å². The summed E-state index contributed by atoms with van der Waals surface area (Å²) >= 11 is 0. The Labute approximate surface area is 103 Å². The summed E-state index contributed by atoms with van der Waals surface area (Å²) in [5, 5.41) is 19.3. The normalized spacial score (nSPS) is 14.0. The number of hydrogen-bond acceptors (Lipinski definition) is 3. The summed E-state index contributed by atoms with van der Waals surface area (Å²) in [5.41, 5.74) is 1.74. The molecule has 1 aromatic rings. The molecule has 17 heavy (non-hydrogen) atoms. The van der Waals surface area contributed by atoms with Crippen molar-refractivity contribution in [2.75, 3.05) is 7.11 Å². The largest absolute Gasteiger partial charge is 0.387 e. The highest BCUT2D eigenvalue weighted by molar-refractivity contribution is 5.29. The lowest BCUT2D eigenvalue weighted by Gasteiger charge is -2.19. The zero-order valence-electron chi connectivity index (χ0n) is 10.4. The van der Waals surface area contributed by atoms with E-state index in [9.17, 15) is 5.11 Å². The van der Waals surface area contributed by atoms with E-state index in [1.54, 1.807) is 7.11 Å². The molecule has 0 radical (unpaired) electrons. The maximum atomic E-state index is 10.2. The molecule has 2 unspecified atom stereocenters. The number of aliphatic hydroxyl groups is 1. The van der Waals surface area contributed by atoms with Gasteiger partial charge in [-0.15, -0.1) is 0 Å². The van der Waals surface area contributed by atoms with Crippen LogP contribution in [0.15, 0.2) is 24.3 Å². The molecule has 0 saturated carbocycles. The van der Waals surface area contributed by atoms with E-state index >= 15 is 0 Å². The fourth-order valence-corrected chi connectivity index (χ4v) is 1.93. The average molecular weight is 233 g/mol. The standard InChI is InChI=1S/C14H19NO2/c1-3-6-11(9-15)14(16)13-8-5-4-7-12(13)10-17-2/h4-5,7-8,11,14,16H,3,6,10H2,1-2H3. The van der Waals surface area contributed by atoms with Crippen molar-refractivity contribution < 1.29 is 9.84 Å². The second kappa shape index (κ2) is 7.05. The molecule has 1 N–H and O–H groups in total. The minimum atomic E-state index is -0.730. The number of benzene rings is 1. The summed E-state index contributed by atoms with van der Waals surface area (Å²) in [7, 11) is 1.62. The smallest absolute Gasteiger partial charge is 0.0951 e. The van der Waals surface area contributed by atoms with Gasteiger partial charge in [0.15, 0.2) is 0 Å². The monoisotopic (exact) mass is 233 g/mol. The van der Waals surface area contributed by atoms with Gasteiger partial charge in [-0.3, -0.25) is 0 Å². The molecular weight excluding hydrogens is 214 g/mol. The summed E-state index contributed by atoms with van der Waals surface area (Å²) in [6.45, 7) is 2.47. The fraction of sp³-hybridized carbons (Fsp3) is 0.500. The van der Waals surface area contributed by atoms with Gasteiger partial charge in [0.25, 0.3) is 0 Å². The van der Waals surface area contributed by atoms with Crippen LogP contribution < -0.4 is 0 Å². The third kappa shape index (κ3) is 3.55. The van der Waals surface area contributed by atoms with Crippen LogP contribution >= 0.6 is 0 Å². The Morgan fingerprint density at radius 2 is 2.12 bits per heavy atom. The molecule has 1 aromatic carbocycles. The molecule has 0 aliphatic rings. The van der Waals surface area contributed by atoms with Gasteiger partial charge < -0.3 is 9.84 Å². The van der Waals surface area contributed by atoms with Crippen LogP contribution in [-0.4, -0.2) is 12.2 Å². The van der Waals surface area contributed by atoms with E-state index in [1.165, 1.54) is 0 Å². The summed E-state index contributed by atoms with van der Waals surface area (Å²) in [5.74, 6) is -0.349. The Morgan fingerprint density at radius 3 is 2.71 bits per heavy atom. The van der Waals surface area contributed by atoms with E-state index in [0.717, 1.165) is 17.5 Å². The first-order valence-electron chi connectivity index (χ1n) is 5.89. The summed E-state index contributed by atoms with van der Waals surface area (Å²) in [6.07, 6.45) is 0.868. The molecule has 0 amide bonds. The number of ether oxygens (including phenoxy) is 1. The van der Waals surface area contributed by atoms with Gasteiger partial charge in [0.1, 0.15) is 0 Å². The Bertz CT molecular complexity index is 384. The van der Waals surface area contributed by atoms with Crippen LogP contribution in [0.4, 0.5) is 0 Å². The van der Waals surface area contributed by atoms with Crippen LogP contribution in [0.2, 0.25) is 0 Å². The summed E-state index contributed by atoms with van der Waals surface area (Å²) < 4.78 is 5.10. The lowest BCUT2D eigenvalue weighted by Crippen LogP contribution is -2.13. The van der Waals surface area contributed by atoms with Gasteiger partial charge in [-0.2, -0.15) is 5.26 Å². The minimum absolute atomic E-state index is 0.349. The second-order valence-corrected chi connectivity index (χ2v) is 4.10. The molecule has 92 valence electrons. The van der Waals surface area contributed by atoms with Crippen molar-refractivity contribution in [3.63, 3.8) is 0 Å². The van der Waals surface area contributed by atoms with E-state index in [0.29, 0.717) is 13.0 Å². The molecule has 1 rings (SSSR count). The first-order chi connectivity index (χ1) is 8.24. The van der Waals surface area contributed by atoms with E-state index < -0.39 is 6.10 Å². The van der Waals surface area contributed by atoms with E-state index in [1.807, 2.05) is 31.2 Å². The highest BCUT2D eigenvalue weighted by Gasteiger charge is 2.21. The van der Waals surface area contributed by atoms with Crippen LogP contribution in [0.1, 0.15) is 37.0 Å². The van der Waals surface area contributed by atoms with Gasteiger partial charge in [-0.25, -0.2) is 0 Å². The van der Waals surface area contributed by atoms with Gasteiger partial charge in [0, 0.05) is 7.11 Å². The quantitative estimate of drug-likeness (QED) is 0.822. The van der Waals surface area contributed by atoms with Crippen LogP contribution in [-0.2, 0) is 11.3 Å². The van der Waals surface area contributed by atoms with Crippen molar-refractivity contribution in [1.29, 1.82) is 5.26 Å². The molecular formula is C14H19NO2. The number of nitriles is 1. The molecule has 0 bridgehead atoms. The highest BCUT2D eigenvalue weighted by Crippen LogP contribution is 2.28. The Hall–Kier alpha value is -1.37. The highest BCUT2D eigenvalue weighted by atomic mass is 16.5. The maximum Gasteiger partial charge on any atom is 0.0951 e. The van der Waals surface area contributed by atoms with Gasteiger partial charge in [0.2, 0.25) is 0 Å². The SMILES string of the molecule is CCCC(C#N)C(O)c1ccccc1COC. The van der Waals surface area contributed by atoms with Crippen molar-refractivity contribution in [3.05, 3.63) is 35.4 Å². The Kier molecular flexibility index (Phi) is 5.68. The van der Waals surface area contributed by atoms with Gasteiger partial charge in [0.05, 0.1) is 24.7 Å². The first-order valence-corrected chi connectivity index (χ1v) is 5.89. The zero-order chi connectivity index (χ0) is 12.7. The predicted octanol–water partition coefficient (Wildman–Crippen LogP) is 2.81. The number of methoxy groups -OCH3 is 1. The third-order valence-electron chi connectivity index (χ3n) is 2.82. The molecule has 0 aromatic heterocycles. The molecule has 0 fully saturated rings. The summed E-state index contributed by atoms with van der Waals surface area (Å²) in [4.78, 5) is 0. The van der Waals surface area contributed by atoms with Crippen molar-refractivity contribution in [1.82, 2.24) is 0 Å². The van der Waals surface area contributed by atoms with Crippen molar-refractivity contribution >= 4 is 0 Å². The summed E-state index contributed by atoms with van der Waals surface area (Å²) in [6, 6.07) is 9.74. The molecule has 3 heteroatoms. The molecule has 0 spiro atoms. The predicted molar refractivity (Wildman–Crippen MR) is 66.1 cm³/mol. The lowest BCUT2D eigenvalue weighted by molar-refractivity contribution is 0.123. The van der Waals surface area contributed by atoms with Gasteiger partial charge >= 0.3 is 0 Å². The van der Waals surface area contributed by atoms with Gasteiger partial charge in [-0.05, 0) is 17.5 Å². The third-order valence-corrected chi connectivity index (χ3v) is 2.82. The zero-order valence-corrected chi connectivity index (χ0v) is 10.4. The first kappa shape index (κ1) is 13.7. The topological polar surface area (TPSA) is 53.2 Å². The molecule has 2 atom stereocenters. The number of hydrogen-bond donors (Lipinski definition) is 1. The lowest BCUT2D eigenvalue weighted by atomic mass is 9.90. The van der Waals surface area contributed by atoms with E-state index in [4.69, 9.17) is 10.00 Å². The number of aliphatic hydroxyl groups excluding tert-OH is 1. The van der Waals surface area contributed by atoms with E-state index in [2.05, 4.69) is 6.07 Å². The molecule has 0 heterocycles. The number of nitrogens with zero attached hydrogens (tertiary/aromatic N) is 1. The second-order valence-electron chi connectivity index (χ2n) is 4.10. The van der Waals surface area contributed by atoms with Crippen molar-refractivity contribution in [2.45, 2.75) is 32.5 Å². The van der Waals surface area contributed by atoms with E-state index in [-0.39, 0.29) is 5.92 Å². The molecule has 0 aliphatic carbocycles. The van der Waals surface area contributed by atoms with Crippen molar-refractivity contribution in [2.24, 2.45) is 5.92 Å². The minimum Gasteiger partial charge on any atom is -0.387 e. The average Bonchev–Trinajstić information content (AvgIpc) is 2.36. The van der Waals surface area contributed by atoms with Crippen LogP contribution in [0, 0.1) is 17.2 Å². The molecule has 3 nitrogen and oxygen atoms in total. The number of rotatable bonds is 6. The van der Waals surface area contributed by atoms with Gasteiger partial charge in [-0.1, -0.05) is 37.6 Å². The Morgan fingerprint density at radius 1 is 1.41 bits per heavy atom. The van der Waals surface area contributed by atoms with Crippen LogP contribution in [0.25, 0.3) is 0 Å². The maximum absolute atomic E-state index is 10.2. The fourth-order valence-electron chi connectivity index (χ4n) is 1.93.